The Bertz CT molecular complexity index is 755. The molecule has 0 heterocycles. The molecule has 3 rings (SSSR count). The lowest BCUT2D eigenvalue weighted by Crippen LogP contribution is -2.41. The Labute approximate surface area is 173 Å². The molecule has 0 radical (unpaired) electrons. The van der Waals surface area contributed by atoms with Crippen LogP contribution in [0.5, 0.6) is 0 Å². The molecule has 2 unspecified atom stereocenters. The molecule has 5 heteroatoms. The maximum atomic E-state index is 11.3. The summed E-state index contributed by atoms with van der Waals surface area (Å²) in [5.41, 5.74) is 8.74. The quantitative estimate of drug-likeness (QED) is 0.608. The minimum absolute atomic E-state index is 0.00227. The first kappa shape index (κ1) is 21.5. The number of nitrogens with two attached hydrogens (primary N) is 1. The number of aliphatic hydroxyl groups excluding tert-OH is 1. The molecule has 0 aliphatic heterocycles. The molecule has 2 aromatic rings. The van der Waals surface area contributed by atoms with Gasteiger partial charge in [0.2, 0.25) is 5.91 Å². The lowest BCUT2D eigenvalue weighted by molar-refractivity contribution is -0.122. The van der Waals surface area contributed by atoms with Gasteiger partial charge in [0, 0.05) is 18.5 Å². The number of ether oxygens (including phenoxy) is 1. The van der Waals surface area contributed by atoms with Crippen molar-refractivity contribution in [3.63, 3.8) is 0 Å². The SMILES string of the molecule is Cc1ccc(C(OCC(O)CNC2CCC(C(N)=O)CC2)c2ccccc2)cc1. The first-order valence-electron chi connectivity index (χ1n) is 10.5. The molecule has 0 aromatic heterocycles. The zero-order chi connectivity index (χ0) is 20.6. The third kappa shape index (κ3) is 6.39. The van der Waals surface area contributed by atoms with Crippen LogP contribution in [-0.2, 0) is 9.53 Å². The Morgan fingerprint density at radius 1 is 1.07 bits per heavy atom. The molecule has 156 valence electrons. The number of rotatable bonds is 9. The van der Waals surface area contributed by atoms with E-state index < -0.39 is 6.10 Å². The van der Waals surface area contributed by atoms with Gasteiger partial charge < -0.3 is 20.9 Å². The van der Waals surface area contributed by atoms with Crippen molar-refractivity contribution >= 4 is 5.91 Å². The fraction of sp³-hybridized carbons (Fsp3) is 0.458. The second kappa shape index (κ2) is 10.5. The van der Waals surface area contributed by atoms with Gasteiger partial charge in [0.1, 0.15) is 6.10 Å². The van der Waals surface area contributed by atoms with Crippen molar-refractivity contribution in [1.82, 2.24) is 5.32 Å². The molecule has 0 spiro atoms. The van der Waals surface area contributed by atoms with Gasteiger partial charge in [0.05, 0.1) is 12.7 Å². The summed E-state index contributed by atoms with van der Waals surface area (Å²) in [5, 5.41) is 13.9. The van der Waals surface area contributed by atoms with Crippen molar-refractivity contribution in [3.8, 4) is 0 Å². The molecule has 4 N–H and O–H groups in total. The third-order valence-electron chi connectivity index (χ3n) is 5.71. The van der Waals surface area contributed by atoms with E-state index in [-0.39, 0.29) is 24.5 Å². The van der Waals surface area contributed by atoms with Gasteiger partial charge >= 0.3 is 0 Å². The molecule has 5 nitrogen and oxygen atoms in total. The molecule has 1 amide bonds. The lowest BCUT2D eigenvalue weighted by atomic mass is 9.85. The summed E-state index contributed by atoms with van der Waals surface area (Å²) in [6.07, 6.45) is 2.67. The number of nitrogens with one attached hydrogen (secondary N) is 1. The fourth-order valence-corrected chi connectivity index (χ4v) is 3.90. The highest BCUT2D eigenvalue weighted by molar-refractivity contribution is 5.76. The van der Waals surface area contributed by atoms with E-state index in [9.17, 15) is 9.90 Å². The zero-order valence-electron chi connectivity index (χ0n) is 17.1. The second-order valence-corrected chi connectivity index (χ2v) is 8.05. The van der Waals surface area contributed by atoms with Crippen LogP contribution < -0.4 is 11.1 Å². The Balaban J connectivity index is 1.51. The number of hydrogen-bond acceptors (Lipinski definition) is 4. The number of primary amides is 1. The van der Waals surface area contributed by atoms with Crippen molar-refractivity contribution in [2.45, 2.75) is 50.9 Å². The molecule has 1 aliphatic carbocycles. The summed E-state index contributed by atoms with van der Waals surface area (Å²) in [5.74, 6) is -0.192. The molecule has 1 fully saturated rings. The van der Waals surface area contributed by atoms with Gasteiger partial charge in [-0.05, 0) is 43.7 Å². The van der Waals surface area contributed by atoms with E-state index in [4.69, 9.17) is 10.5 Å². The summed E-state index contributed by atoms with van der Waals surface area (Å²) in [6, 6.07) is 18.7. The van der Waals surface area contributed by atoms with Gasteiger partial charge in [0.25, 0.3) is 0 Å². The second-order valence-electron chi connectivity index (χ2n) is 8.05. The zero-order valence-corrected chi connectivity index (χ0v) is 17.1. The standard InChI is InChI=1S/C24H32N2O3/c1-17-7-9-19(10-8-17)23(18-5-3-2-4-6-18)29-16-22(27)15-26-21-13-11-20(12-14-21)24(25)28/h2-10,20-23,26-27H,11-16H2,1H3,(H2,25,28). The number of amides is 1. The molecule has 0 saturated heterocycles. The minimum atomic E-state index is -0.597. The number of carbonyl (C=O) groups is 1. The number of benzene rings is 2. The van der Waals surface area contributed by atoms with E-state index in [0.29, 0.717) is 12.6 Å². The summed E-state index contributed by atoms with van der Waals surface area (Å²) in [4.78, 5) is 11.3. The Hall–Kier alpha value is -2.21. The average Bonchev–Trinajstić information content (AvgIpc) is 2.74. The van der Waals surface area contributed by atoms with Crippen LogP contribution in [0.4, 0.5) is 0 Å². The van der Waals surface area contributed by atoms with Crippen LogP contribution >= 0.6 is 0 Å². The summed E-state index contributed by atoms with van der Waals surface area (Å²) >= 11 is 0. The van der Waals surface area contributed by atoms with Crippen LogP contribution in [0.1, 0.15) is 48.5 Å². The van der Waals surface area contributed by atoms with Gasteiger partial charge in [-0.25, -0.2) is 0 Å². The van der Waals surface area contributed by atoms with Crippen molar-refractivity contribution < 1.29 is 14.6 Å². The van der Waals surface area contributed by atoms with Crippen molar-refractivity contribution in [2.75, 3.05) is 13.2 Å². The largest absolute Gasteiger partial charge is 0.389 e. The summed E-state index contributed by atoms with van der Waals surface area (Å²) in [6.45, 7) is 2.78. The molecule has 2 aromatic carbocycles. The number of aliphatic hydroxyl groups is 1. The summed E-state index contributed by atoms with van der Waals surface area (Å²) in [7, 11) is 0. The molecular weight excluding hydrogens is 364 g/mol. The van der Waals surface area contributed by atoms with Crippen molar-refractivity contribution in [1.29, 1.82) is 0 Å². The highest BCUT2D eigenvalue weighted by atomic mass is 16.5. The van der Waals surface area contributed by atoms with Crippen LogP contribution in [0.2, 0.25) is 0 Å². The first-order valence-corrected chi connectivity index (χ1v) is 10.5. The van der Waals surface area contributed by atoms with Gasteiger partial charge in [-0.1, -0.05) is 60.2 Å². The van der Waals surface area contributed by atoms with Gasteiger partial charge in [0.15, 0.2) is 0 Å². The lowest BCUT2D eigenvalue weighted by Gasteiger charge is -2.28. The van der Waals surface area contributed by atoms with Crippen LogP contribution in [0, 0.1) is 12.8 Å². The van der Waals surface area contributed by atoms with E-state index in [1.54, 1.807) is 0 Å². The Morgan fingerprint density at radius 2 is 1.69 bits per heavy atom. The normalized spacial score (nSPS) is 21.4. The monoisotopic (exact) mass is 396 g/mol. The molecule has 1 saturated carbocycles. The van der Waals surface area contributed by atoms with E-state index in [2.05, 4.69) is 36.5 Å². The fourth-order valence-electron chi connectivity index (χ4n) is 3.90. The number of carbonyl (C=O) groups excluding carboxylic acids is 1. The highest BCUT2D eigenvalue weighted by Gasteiger charge is 2.25. The molecular formula is C24H32N2O3. The van der Waals surface area contributed by atoms with Crippen LogP contribution in [0.25, 0.3) is 0 Å². The maximum absolute atomic E-state index is 11.3. The van der Waals surface area contributed by atoms with Crippen molar-refractivity contribution in [3.05, 3.63) is 71.3 Å². The van der Waals surface area contributed by atoms with E-state index in [1.165, 1.54) is 5.56 Å². The molecule has 0 bridgehead atoms. The first-order chi connectivity index (χ1) is 14.0. The van der Waals surface area contributed by atoms with Crippen molar-refractivity contribution in [2.24, 2.45) is 11.7 Å². The average molecular weight is 397 g/mol. The predicted octanol–water partition coefficient (Wildman–Crippen LogP) is 3.10. The minimum Gasteiger partial charge on any atom is -0.389 e. The van der Waals surface area contributed by atoms with E-state index in [1.807, 2.05) is 30.3 Å². The van der Waals surface area contributed by atoms with E-state index >= 15 is 0 Å². The Morgan fingerprint density at radius 3 is 2.31 bits per heavy atom. The van der Waals surface area contributed by atoms with E-state index in [0.717, 1.165) is 36.8 Å². The van der Waals surface area contributed by atoms with Gasteiger partial charge in [-0.3, -0.25) is 4.79 Å². The van der Waals surface area contributed by atoms with Gasteiger partial charge in [-0.2, -0.15) is 0 Å². The smallest absolute Gasteiger partial charge is 0.220 e. The Kier molecular flexibility index (Phi) is 7.81. The van der Waals surface area contributed by atoms with Crippen LogP contribution in [-0.4, -0.2) is 36.3 Å². The van der Waals surface area contributed by atoms with Crippen LogP contribution in [0.3, 0.4) is 0 Å². The van der Waals surface area contributed by atoms with Crippen LogP contribution in [0.15, 0.2) is 54.6 Å². The third-order valence-corrected chi connectivity index (χ3v) is 5.71. The molecule has 1 aliphatic rings. The predicted molar refractivity (Wildman–Crippen MR) is 114 cm³/mol. The molecule has 29 heavy (non-hydrogen) atoms. The highest BCUT2D eigenvalue weighted by Crippen LogP contribution is 2.27. The number of aryl methyl sites for hydroxylation is 1. The molecule has 2 atom stereocenters. The number of hydrogen-bond donors (Lipinski definition) is 3. The maximum Gasteiger partial charge on any atom is 0.220 e. The van der Waals surface area contributed by atoms with Gasteiger partial charge in [-0.15, -0.1) is 0 Å². The summed E-state index contributed by atoms with van der Waals surface area (Å²) < 4.78 is 6.15. The topological polar surface area (TPSA) is 84.6 Å².